The maximum atomic E-state index is 12.0. The van der Waals surface area contributed by atoms with Gasteiger partial charge in [-0.2, -0.15) is 0 Å². The summed E-state index contributed by atoms with van der Waals surface area (Å²) in [6.45, 7) is 8.82. The molecule has 0 amide bonds. The van der Waals surface area contributed by atoms with Crippen LogP contribution in [0.3, 0.4) is 0 Å². The summed E-state index contributed by atoms with van der Waals surface area (Å²) in [5.74, 6) is -0.231. The lowest BCUT2D eigenvalue weighted by atomic mass is 9.59. The van der Waals surface area contributed by atoms with Crippen LogP contribution in [0.2, 0.25) is 0 Å². The lowest BCUT2D eigenvalue weighted by Crippen LogP contribution is -2.27. The minimum atomic E-state index is -0.842. The van der Waals surface area contributed by atoms with E-state index in [-0.39, 0.29) is 16.9 Å². The lowest BCUT2D eigenvalue weighted by Gasteiger charge is -2.30. The zero-order chi connectivity index (χ0) is 17.1. The summed E-state index contributed by atoms with van der Waals surface area (Å²) in [7, 11) is 2.17. The molecular formula is C18H27BO3. The number of hydrogen-bond acceptors (Lipinski definition) is 3. The molecule has 0 saturated heterocycles. The van der Waals surface area contributed by atoms with E-state index in [0.717, 1.165) is 24.8 Å². The van der Waals surface area contributed by atoms with Crippen molar-refractivity contribution in [2.45, 2.75) is 65.3 Å². The van der Waals surface area contributed by atoms with Gasteiger partial charge >= 0.3 is 0 Å². The zero-order valence-electron chi connectivity index (χ0n) is 14.6. The van der Waals surface area contributed by atoms with Crippen molar-refractivity contribution in [1.82, 2.24) is 0 Å². The van der Waals surface area contributed by atoms with Crippen LogP contribution in [0.15, 0.2) is 12.1 Å². The molecule has 0 spiro atoms. The molecule has 120 valence electrons. The Bertz CT molecular complexity index is 543. The van der Waals surface area contributed by atoms with E-state index in [1.54, 1.807) is 6.92 Å². The van der Waals surface area contributed by atoms with Crippen LogP contribution in [0, 0.1) is 0 Å². The van der Waals surface area contributed by atoms with Crippen molar-refractivity contribution >= 4 is 19.4 Å². The number of aliphatic hydroxyl groups is 1. The van der Waals surface area contributed by atoms with Crippen molar-refractivity contribution in [3.8, 4) is 0 Å². The van der Waals surface area contributed by atoms with Crippen molar-refractivity contribution in [2.75, 3.05) is 0 Å². The molecule has 0 radical (unpaired) electrons. The van der Waals surface area contributed by atoms with Gasteiger partial charge in [-0.05, 0) is 43.8 Å². The van der Waals surface area contributed by atoms with E-state index < -0.39 is 6.10 Å². The molecule has 0 aliphatic heterocycles. The third-order valence-electron chi connectivity index (χ3n) is 4.64. The topological polar surface area (TPSA) is 54.4 Å². The van der Waals surface area contributed by atoms with Gasteiger partial charge in [0.05, 0.1) is 6.10 Å². The molecule has 1 aromatic carbocycles. The van der Waals surface area contributed by atoms with Crippen LogP contribution >= 0.6 is 0 Å². The van der Waals surface area contributed by atoms with Crippen molar-refractivity contribution in [2.24, 2.45) is 0 Å². The molecule has 0 fully saturated rings. The number of carbonyl (C=O) groups excluding carboxylic acids is 2. The van der Waals surface area contributed by atoms with E-state index in [9.17, 15) is 14.7 Å². The first-order valence-electron chi connectivity index (χ1n) is 8.06. The van der Waals surface area contributed by atoms with E-state index in [4.69, 9.17) is 0 Å². The predicted octanol–water partition coefficient (Wildman–Crippen LogP) is 3.18. The SMILES string of the molecule is BC(CC)(CCC)c1cc(C(C)=O)c(C(C)O)c(C(C)=O)c1. The summed E-state index contributed by atoms with van der Waals surface area (Å²) in [4.78, 5) is 24.1. The van der Waals surface area contributed by atoms with Gasteiger partial charge < -0.3 is 5.11 Å². The molecule has 0 heterocycles. The molecule has 0 aliphatic carbocycles. The molecule has 1 N–H and O–H groups in total. The third-order valence-corrected chi connectivity index (χ3v) is 4.64. The Morgan fingerprint density at radius 3 is 1.91 bits per heavy atom. The Kier molecular flexibility index (Phi) is 6.12. The molecule has 0 aromatic heterocycles. The van der Waals surface area contributed by atoms with Crippen LogP contribution in [-0.4, -0.2) is 24.5 Å². The second-order valence-corrected chi connectivity index (χ2v) is 6.44. The maximum Gasteiger partial charge on any atom is 0.160 e. The summed E-state index contributed by atoms with van der Waals surface area (Å²) >= 11 is 0. The number of aliphatic hydroxyl groups excluding tert-OH is 1. The molecule has 0 aliphatic rings. The van der Waals surface area contributed by atoms with Crippen molar-refractivity contribution in [3.63, 3.8) is 0 Å². The van der Waals surface area contributed by atoms with Crippen molar-refractivity contribution in [1.29, 1.82) is 0 Å². The van der Waals surface area contributed by atoms with Crippen LogP contribution < -0.4 is 0 Å². The fourth-order valence-corrected chi connectivity index (χ4v) is 3.11. The normalized spacial score (nSPS) is 15.2. The Morgan fingerprint density at radius 1 is 1.18 bits per heavy atom. The fourth-order valence-electron chi connectivity index (χ4n) is 3.11. The first-order valence-corrected chi connectivity index (χ1v) is 8.06. The van der Waals surface area contributed by atoms with E-state index in [0.29, 0.717) is 16.7 Å². The summed E-state index contributed by atoms with van der Waals surface area (Å²) in [6, 6.07) is 3.74. The largest absolute Gasteiger partial charge is 0.389 e. The molecule has 22 heavy (non-hydrogen) atoms. The Hall–Kier alpha value is -1.42. The van der Waals surface area contributed by atoms with Crippen LogP contribution in [0.25, 0.3) is 0 Å². The minimum absolute atomic E-state index is 0.0691. The van der Waals surface area contributed by atoms with Gasteiger partial charge in [0.2, 0.25) is 0 Å². The molecule has 1 aromatic rings. The Labute approximate surface area is 134 Å². The van der Waals surface area contributed by atoms with Gasteiger partial charge in [-0.15, -0.1) is 0 Å². The molecule has 0 bridgehead atoms. The molecule has 2 atom stereocenters. The van der Waals surface area contributed by atoms with Gasteiger partial charge in [-0.3, -0.25) is 9.59 Å². The fraction of sp³-hybridized carbons (Fsp3) is 0.556. The highest BCUT2D eigenvalue weighted by molar-refractivity contribution is 6.16. The van der Waals surface area contributed by atoms with Crippen LogP contribution in [0.5, 0.6) is 0 Å². The van der Waals surface area contributed by atoms with Crippen LogP contribution in [0.4, 0.5) is 0 Å². The smallest absolute Gasteiger partial charge is 0.160 e. The number of ketones is 2. The molecule has 2 unspecified atom stereocenters. The molecule has 1 rings (SSSR count). The summed E-state index contributed by atoms with van der Waals surface area (Å²) < 4.78 is 0. The second-order valence-electron chi connectivity index (χ2n) is 6.44. The van der Waals surface area contributed by atoms with Gasteiger partial charge in [-0.1, -0.05) is 33.1 Å². The molecule has 3 nitrogen and oxygen atoms in total. The number of benzene rings is 1. The summed E-state index contributed by atoms with van der Waals surface area (Å²) in [5, 5.41) is 9.96. The van der Waals surface area contributed by atoms with Gasteiger partial charge in [0.1, 0.15) is 7.85 Å². The Morgan fingerprint density at radius 2 is 1.64 bits per heavy atom. The highest BCUT2D eigenvalue weighted by atomic mass is 16.3. The minimum Gasteiger partial charge on any atom is -0.389 e. The van der Waals surface area contributed by atoms with Gasteiger partial charge in [0, 0.05) is 16.7 Å². The van der Waals surface area contributed by atoms with Crippen LogP contribution in [0.1, 0.15) is 91.8 Å². The zero-order valence-corrected chi connectivity index (χ0v) is 14.6. The summed E-state index contributed by atoms with van der Waals surface area (Å²) in [5.41, 5.74) is 2.40. The van der Waals surface area contributed by atoms with Gasteiger partial charge in [0.25, 0.3) is 0 Å². The monoisotopic (exact) mass is 302 g/mol. The standard InChI is InChI=1S/C18H27BO3/c1-6-8-18(19,7-2)14-9-15(11(3)20)17(13(5)22)16(10-14)12(4)21/h9-10,13,22H,6-8,19H2,1-5H3. The second kappa shape index (κ2) is 7.23. The van der Waals surface area contributed by atoms with Crippen molar-refractivity contribution < 1.29 is 14.7 Å². The van der Waals surface area contributed by atoms with E-state index in [1.165, 1.54) is 13.8 Å². The Balaban J connectivity index is 3.70. The summed E-state index contributed by atoms with van der Waals surface area (Å²) in [6.07, 6.45) is 2.12. The number of hydrogen-bond donors (Lipinski definition) is 1. The van der Waals surface area contributed by atoms with Gasteiger partial charge in [0.15, 0.2) is 11.6 Å². The number of rotatable bonds is 7. The van der Waals surface area contributed by atoms with Crippen LogP contribution in [-0.2, 0) is 5.31 Å². The highest BCUT2D eigenvalue weighted by Gasteiger charge is 2.28. The van der Waals surface area contributed by atoms with E-state index >= 15 is 0 Å². The van der Waals surface area contributed by atoms with Crippen molar-refractivity contribution in [3.05, 3.63) is 34.4 Å². The molecule has 4 heteroatoms. The quantitative estimate of drug-likeness (QED) is 0.621. The van der Waals surface area contributed by atoms with E-state index in [1.807, 2.05) is 12.1 Å². The van der Waals surface area contributed by atoms with Gasteiger partial charge in [-0.25, -0.2) is 0 Å². The third kappa shape index (κ3) is 3.67. The maximum absolute atomic E-state index is 12.0. The van der Waals surface area contributed by atoms with E-state index in [2.05, 4.69) is 21.7 Å². The average Bonchev–Trinajstić information content (AvgIpc) is 2.45. The molecule has 0 saturated carbocycles. The predicted molar refractivity (Wildman–Crippen MR) is 92.5 cm³/mol. The first kappa shape index (κ1) is 18.6. The number of Topliss-reactive ketones (excluding diaryl/α,β-unsaturated/α-hetero) is 2. The lowest BCUT2D eigenvalue weighted by molar-refractivity contribution is 0.100. The first-order chi connectivity index (χ1) is 10.2. The number of carbonyl (C=O) groups is 2. The highest BCUT2D eigenvalue weighted by Crippen LogP contribution is 2.34. The molecular weight excluding hydrogens is 275 g/mol. The average molecular weight is 302 g/mol.